The molecule has 24 heavy (non-hydrogen) atoms. The van der Waals surface area contributed by atoms with Crippen LogP contribution in [0.1, 0.15) is 6.42 Å². The van der Waals surface area contributed by atoms with Gasteiger partial charge < -0.3 is 15.4 Å². The second-order valence-corrected chi connectivity index (χ2v) is 5.87. The second kappa shape index (κ2) is 9.28. The number of ether oxygens (including phenoxy) is 1. The summed E-state index contributed by atoms with van der Waals surface area (Å²) in [6.07, 6.45) is 2.65. The maximum absolute atomic E-state index is 12.2. The minimum absolute atomic E-state index is 0. The number of nitrogens with two attached hydrogens (primary N) is 1. The Morgan fingerprint density at radius 3 is 2.88 bits per heavy atom. The van der Waals surface area contributed by atoms with Gasteiger partial charge in [0, 0.05) is 24.7 Å². The van der Waals surface area contributed by atoms with Crippen LogP contribution >= 0.6 is 36.4 Å². The van der Waals surface area contributed by atoms with Crippen LogP contribution in [0.3, 0.4) is 0 Å². The highest BCUT2D eigenvalue weighted by atomic mass is 35.5. The summed E-state index contributed by atoms with van der Waals surface area (Å²) in [6, 6.07) is 7.20. The van der Waals surface area contributed by atoms with E-state index in [0.29, 0.717) is 28.8 Å². The summed E-state index contributed by atoms with van der Waals surface area (Å²) in [5.74, 6) is 0.958. The van der Waals surface area contributed by atoms with E-state index in [2.05, 4.69) is 4.98 Å². The van der Waals surface area contributed by atoms with Gasteiger partial charge in [-0.05, 0) is 43.1 Å². The molecule has 1 fully saturated rings. The number of fused-ring (bicyclic) bond motifs is 1. The first-order chi connectivity index (χ1) is 10.7. The summed E-state index contributed by atoms with van der Waals surface area (Å²) >= 11 is 6.14. The Hall–Kier alpha value is -1.27. The normalized spacial score (nSPS) is 16.4. The number of likely N-dealkylation sites (tertiary alicyclic amines) is 1. The molecular weight excluding hydrogens is 373 g/mol. The van der Waals surface area contributed by atoms with E-state index in [-0.39, 0.29) is 37.3 Å². The smallest absolute Gasteiger partial charge is 0.260 e. The quantitative estimate of drug-likeness (QED) is 0.868. The maximum atomic E-state index is 12.2. The van der Waals surface area contributed by atoms with Gasteiger partial charge in [-0.2, -0.15) is 0 Å². The third-order valence-electron chi connectivity index (χ3n) is 4.00. The van der Waals surface area contributed by atoms with Gasteiger partial charge in [0.2, 0.25) is 0 Å². The van der Waals surface area contributed by atoms with Crippen molar-refractivity contribution in [3.63, 3.8) is 0 Å². The maximum Gasteiger partial charge on any atom is 0.260 e. The molecule has 0 spiro atoms. The number of nitrogens with zero attached hydrogens (tertiary/aromatic N) is 2. The third kappa shape index (κ3) is 4.42. The van der Waals surface area contributed by atoms with Crippen molar-refractivity contribution in [2.24, 2.45) is 11.7 Å². The second-order valence-electron chi connectivity index (χ2n) is 5.46. The molecule has 1 aliphatic heterocycles. The van der Waals surface area contributed by atoms with Gasteiger partial charge in [0.25, 0.3) is 5.91 Å². The van der Waals surface area contributed by atoms with E-state index in [9.17, 15) is 4.79 Å². The fourth-order valence-corrected chi connectivity index (χ4v) is 2.93. The summed E-state index contributed by atoms with van der Waals surface area (Å²) in [6.45, 7) is 2.10. The molecule has 0 radical (unpaired) electrons. The van der Waals surface area contributed by atoms with Crippen molar-refractivity contribution in [2.75, 3.05) is 26.2 Å². The van der Waals surface area contributed by atoms with Gasteiger partial charge in [-0.3, -0.25) is 9.78 Å². The first-order valence-electron chi connectivity index (χ1n) is 7.33. The Balaban J connectivity index is 0.00000144. The highest BCUT2D eigenvalue weighted by Crippen LogP contribution is 2.29. The average Bonchev–Trinajstić information content (AvgIpc) is 3.03. The first kappa shape index (κ1) is 20.8. The number of hydrogen-bond donors (Lipinski definition) is 1. The number of aromatic nitrogens is 1. The van der Waals surface area contributed by atoms with Crippen LogP contribution in [0.15, 0.2) is 30.5 Å². The van der Waals surface area contributed by atoms with Gasteiger partial charge in [-0.15, -0.1) is 24.8 Å². The Morgan fingerprint density at radius 2 is 2.17 bits per heavy atom. The van der Waals surface area contributed by atoms with Crippen molar-refractivity contribution in [3.8, 4) is 5.75 Å². The standard InChI is InChI=1S/C16H18ClN3O2.2ClH/c17-13-3-4-14(16-12(13)2-1-6-19-16)22-10-15(21)20-7-5-11(8-18)9-20;;/h1-4,6,11H,5,7-10,18H2;2*1H. The molecule has 8 heteroatoms. The zero-order chi connectivity index (χ0) is 15.5. The summed E-state index contributed by atoms with van der Waals surface area (Å²) < 4.78 is 5.67. The van der Waals surface area contributed by atoms with E-state index >= 15 is 0 Å². The lowest BCUT2D eigenvalue weighted by atomic mass is 10.1. The number of hydrogen-bond acceptors (Lipinski definition) is 4. The topological polar surface area (TPSA) is 68.5 Å². The molecule has 1 saturated heterocycles. The molecule has 2 heterocycles. The van der Waals surface area contributed by atoms with E-state index in [1.165, 1.54) is 0 Å². The summed E-state index contributed by atoms with van der Waals surface area (Å²) in [5, 5.41) is 1.44. The number of amides is 1. The largest absolute Gasteiger partial charge is 0.481 e. The summed E-state index contributed by atoms with van der Waals surface area (Å²) in [7, 11) is 0. The molecule has 0 bridgehead atoms. The van der Waals surface area contributed by atoms with Crippen LogP contribution in [0.25, 0.3) is 10.9 Å². The van der Waals surface area contributed by atoms with E-state index in [1.54, 1.807) is 18.3 Å². The zero-order valence-electron chi connectivity index (χ0n) is 13.0. The molecule has 1 amide bonds. The fourth-order valence-electron chi connectivity index (χ4n) is 2.71. The summed E-state index contributed by atoms with van der Waals surface area (Å²) in [5.41, 5.74) is 6.32. The first-order valence-corrected chi connectivity index (χ1v) is 7.70. The number of rotatable bonds is 4. The van der Waals surface area contributed by atoms with Gasteiger partial charge in [0.05, 0.1) is 5.02 Å². The van der Waals surface area contributed by atoms with Crippen LogP contribution in [-0.2, 0) is 4.79 Å². The van der Waals surface area contributed by atoms with Crippen molar-refractivity contribution in [3.05, 3.63) is 35.5 Å². The highest BCUT2D eigenvalue weighted by Gasteiger charge is 2.25. The van der Waals surface area contributed by atoms with Gasteiger partial charge in [0.15, 0.2) is 6.61 Å². The molecule has 1 aromatic carbocycles. The van der Waals surface area contributed by atoms with Crippen molar-refractivity contribution < 1.29 is 9.53 Å². The molecule has 3 rings (SSSR count). The molecule has 0 aliphatic carbocycles. The molecule has 5 nitrogen and oxygen atoms in total. The SMILES string of the molecule is Cl.Cl.NCC1CCN(C(=O)COc2ccc(Cl)c3cccnc23)C1. The number of halogens is 3. The van der Waals surface area contributed by atoms with Gasteiger partial charge in [-0.1, -0.05) is 11.6 Å². The third-order valence-corrected chi connectivity index (χ3v) is 4.33. The number of carbonyl (C=O) groups is 1. The number of pyridine rings is 1. The van der Waals surface area contributed by atoms with Crippen LogP contribution in [0.2, 0.25) is 5.02 Å². The predicted octanol–water partition coefficient (Wildman–Crippen LogP) is 2.92. The minimum atomic E-state index is -0.0185. The van der Waals surface area contributed by atoms with Crippen LogP contribution in [-0.4, -0.2) is 42.0 Å². The molecule has 2 aromatic rings. The molecule has 1 aromatic heterocycles. The van der Waals surface area contributed by atoms with E-state index in [1.807, 2.05) is 17.0 Å². The van der Waals surface area contributed by atoms with Crippen molar-refractivity contribution in [1.82, 2.24) is 9.88 Å². The monoisotopic (exact) mass is 391 g/mol. The molecule has 1 unspecified atom stereocenters. The molecule has 2 N–H and O–H groups in total. The lowest BCUT2D eigenvalue weighted by Crippen LogP contribution is -2.33. The summed E-state index contributed by atoms with van der Waals surface area (Å²) in [4.78, 5) is 18.3. The Morgan fingerprint density at radius 1 is 1.38 bits per heavy atom. The Bertz CT molecular complexity index is 699. The van der Waals surface area contributed by atoms with E-state index in [0.717, 1.165) is 24.9 Å². The molecule has 1 aliphatic rings. The van der Waals surface area contributed by atoms with Crippen LogP contribution in [0.4, 0.5) is 0 Å². The predicted molar refractivity (Wildman–Crippen MR) is 100 cm³/mol. The van der Waals surface area contributed by atoms with Crippen molar-refractivity contribution in [2.45, 2.75) is 6.42 Å². The Labute approximate surface area is 158 Å². The highest BCUT2D eigenvalue weighted by molar-refractivity contribution is 6.35. The van der Waals surface area contributed by atoms with E-state index in [4.69, 9.17) is 22.1 Å². The van der Waals surface area contributed by atoms with E-state index < -0.39 is 0 Å². The molecule has 0 saturated carbocycles. The van der Waals surface area contributed by atoms with Gasteiger partial charge in [-0.25, -0.2) is 0 Å². The lowest BCUT2D eigenvalue weighted by molar-refractivity contribution is -0.132. The fraction of sp³-hybridized carbons (Fsp3) is 0.375. The molecule has 1 atom stereocenters. The van der Waals surface area contributed by atoms with Crippen LogP contribution < -0.4 is 10.5 Å². The lowest BCUT2D eigenvalue weighted by Gasteiger charge is -2.17. The van der Waals surface area contributed by atoms with Gasteiger partial charge >= 0.3 is 0 Å². The van der Waals surface area contributed by atoms with Crippen molar-refractivity contribution in [1.29, 1.82) is 0 Å². The zero-order valence-corrected chi connectivity index (χ0v) is 15.4. The number of benzene rings is 1. The minimum Gasteiger partial charge on any atom is -0.481 e. The molecule has 132 valence electrons. The molecular formula is C16H20Cl3N3O2. The Kier molecular flexibility index (Phi) is 8.03. The van der Waals surface area contributed by atoms with Crippen LogP contribution in [0.5, 0.6) is 5.75 Å². The van der Waals surface area contributed by atoms with Crippen molar-refractivity contribution >= 4 is 53.2 Å². The average molecular weight is 393 g/mol. The van der Waals surface area contributed by atoms with Gasteiger partial charge in [0.1, 0.15) is 11.3 Å². The van der Waals surface area contributed by atoms with Crippen LogP contribution in [0, 0.1) is 5.92 Å². The number of carbonyl (C=O) groups excluding carboxylic acids is 1.